The Hall–Kier alpha value is -5.22. The molecule has 7 rings (SSSR count). The second-order valence-electron chi connectivity index (χ2n) is 9.40. The summed E-state index contributed by atoms with van der Waals surface area (Å²) in [5.74, 6) is 1.37. The third-order valence-corrected chi connectivity index (χ3v) is 6.61. The van der Waals surface area contributed by atoms with Crippen molar-refractivity contribution in [3.8, 4) is 28.5 Å². The lowest BCUT2D eigenvalue weighted by Crippen LogP contribution is -2.12. The molecule has 0 aliphatic heterocycles. The van der Waals surface area contributed by atoms with E-state index in [1.807, 2.05) is 60.5 Å². The summed E-state index contributed by atoms with van der Waals surface area (Å²) >= 11 is 0. The molecular weight excluding hydrogens is 488 g/mol. The number of imidazole rings is 2. The normalized spacial score (nSPS) is 11.5. The van der Waals surface area contributed by atoms with Crippen molar-refractivity contribution >= 4 is 22.1 Å². The Morgan fingerprint density at radius 1 is 0.897 bits per heavy atom. The highest BCUT2D eigenvalue weighted by molar-refractivity contribution is 5.94. The molecule has 0 saturated heterocycles. The minimum atomic E-state index is 0.617. The number of fused-ring (bicyclic) bond motifs is 2. The highest BCUT2D eigenvalue weighted by Crippen LogP contribution is 2.30. The van der Waals surface area contributed by atoms with Crippen molar-refractivity contribution in [2.45, 2.75) is 20.0 Å². The summed E-state index contributed by atoms with van der Waals surface area (Å²) in [6, 6.07) is 16.5. The van der Waals surface area contributed by atoms with E-state index in [4.69, 9.17) is 4.98 Å². The van der Waals surface area contributed by atoms with Crippen molar-refractivity contribution < 1.29 is 0 Å². The third kappa shape index (κ3) is 4.42. The minimum absolute atomic E-state index is 0.617. The molecule has 0 radical (unpaired) electrons. The van der Waals surface area contributed by atoms with Crippen molar-refractivity contribution in [2.24, 2.45) is 0 Å². The number of H-pyrrole nitrogens is 2. The molecule has 0 aliphatic carbocycles. The van der Waals surface area contributed by atoms with Crippen LogP contribution in [0.1, 0.15) is 16.8 Å². The zero-order valence-electron chi connectivity index (χ0n) is 21.1. The first-order chi connectivity index (χ1) is 19.2. The topological polar surface area (TPSA) is 126 Å². The summed E-state index contributed by atoms with van der Waals surface area (Å²) in [5.41, 5.74) is 8.19. The summed E-state index contributed by atoms with van der Waals surface area (Å²) in [5, 5.41) is 11.9. The van der Waals surface area contributed by atoms with Crippen molar-refractivity contribution in [1.29, 1.82) is 0 Å². The number of pyridine rings is 3. The minimum Gasteiger partial charge on any atom is -0.336 e. The predicted octanol–water partition coefficient (Wildman–Crippen LogP) is 4.74. The number of hydrogen-bond acceptors (Lipinski definition) is 7. The number of aromatic nitrogens is 9. The lowest BCUT2D eigenvalue weighted by molar-refractivity contribution is 0.691. The Labute approximate surface area is 223 Å². The molecule has 3 N–H and O–H groups in total. The van der Waals surface area contributed by atoms with E-state index < -0.39 is 0 Å². The van der Waals surface area contributed by atoms with Crippen molar-refractivity contribution in [3.63, 3.8) is 0 Å². The fourth-order valence-electron chi connectivity index (χ4n) is 4.69. The number of aryl methyl sites for hydroxylation is 1. The van der Waals surface area contributed by atoms with E-state index in [1.165, 1.54) is 5.56 Å². The van der Waals surface area contributed by atoms with Crippen LogP contribution in [-0.2, 0) is 13.1 Å². The average Bonchev–Trinajstić information content (AvgIpc) is 3.71. The summed E-state index contributed by atoms with van der Waals surface area (Å²) in [6.45, 7) is 3.46. The van der Waals surface area contributed by atoms with Gasteiger partial charge in [-0.1, -0.05) is 30.3 Å². The van der Waals surface area contributed by atoms with Gasteiger partial charge in [0, 0.05) is 55.2 Å². The molecule has 39 heavy (non-hydrogen) atoms. The first-order valence-corrected chi connectivity index (χ1v) is 12.6. The number of nitrogens with one attached hydrogen (secondary N) is 3. The summed E-state index contributed by atoms with van der Waals surface area (Å²) in [4.78, 5) is 26.2. The number of benzene rings is 1. The van der Waals surface area contributed by atoms with Crippen LogP contribution in [-0.4, -0.2) is 44.7 Å². The summed E-state index contributed by atoms with van der Waals surface area (Å²) in [6.07, 6.45) is 11.0. The van der Waals surface area contributed by atoms with Gasteiger partial charge in [0.2, 0.25) is 0 Å². The number of rotatable bonds is 7. The zero-order valence-corrected chi connectivity index (χ0v) is 21.1. The molecule has 0 atom stereocenters. The molecule has 0 spiro atoms. The van der Waals surface area contributed by atoms with Crippen LogP contribution in [0.3, 0.4) is 0 Å². The van der Waals surface area contributed by atoms with Crippen LogP contribution in [0.5, 0.6) is 0 Å². The van der Waals surface area contributed by atoms with Crippen LogP contribution >= 0.6 is 0 Å². The van der Waals surface area contributed by atoms with Crippen molar-refractivity contribution in [3.05, 3.63) is 103 Å². The Morgan fingerprint density at radius 2 is 1.77 bits per heavy atom. The Kier molecular flexibility index (Phi) is 5.64. The molecule has 6 aromatic heterocycles. The third-order valence-electron chi connectivity index (χ3n) is 6.61. The lowest BCUT2D eigenvalue weighted by Gasteiger charge is -2.07. The van der Waals surface area contributed by atoms with Gasteiger partial charge in [-0.2, -0.15) is 5.10 Å². The van der Waals surface area contributed by atoms with E-state index in [0.29, 0.717) is 23.8 Å². The highest BCUT2D eigenvalue weighted by Gasteiger charge is 2.17. The van der Waals surface area contributed by atoms with Gasteiger partial charge in [0.25, 0.3) is 0 Å². The van der Waals surface area contributed by atoms with E-state index in [9.17, 15) is 0 Å². The molecule has 7 aromatic rings. The monoisotopic (exact) mass is 512 g/mol. The van der Waals surface area contributed by atoms with E-state index >= 15 is 0 Å². The molecule has 0 saturated carbocycles. The van der Waals surface area contributed by atoms with Crippen LogP contribution in [0, 0.1) is 6.92 Å². The maximum atomic E-state index is 4.88. The molecule has 0 aliphatic rings. The van der Waals surface area contributed by atoms with Gasteiger partial charge in [-0.25, -0.2) is 19.9 Å². The van der Waals surface area contributed by atoms with E-state index in [0.717, 1.165) is 51.0 Å². The Bertz CT molecular complexity index is 1920. The maximum Gasteiger partial charge on any atom is 0.181 e. The van der Waals surface area contributed by atoms with E-state index in [1.54, 1.807) is 12.5 Å². The molecule has 0 bridgehead atoms. The predicted molar refractivity (Wildman–Crippen MR) is 149 cm³/mol. The molecule has 10 heteroatoms. The first kappa shape index (κ1) is 22.9. The smallest absolute Gasteiger partial charge is 0.181 e. The van der Waals surface area contributed by atoms with Crippen LogP contribution in [0.15, 0.2) is 85.8 Å². The van der Waals surface area contributed by atoms with Gasteiger partial charge in [-0.3, -0.25) is 14.6 Å². The van der Waals surface area contributed by atoms with Gasteiger partial charge in [-0.05, 0) is 36.2 Å². The molecule has 1 aromatic carbocycles. The highest BCUT2D eigenvalue weighted by atomic mass is 15.2. The average molecular weight is 513 g/mol. The first-order valence-electron chi connectivity index (χ1n) is 12.6. The second-order valence-corrected chi connectivity index (χ2v) is 9.40. The molecule has 190 valence electrons. The molecule has 10 nitrogen and oxygen atoms in total. The standard InChI is InChI=1S/C29H24N10/c1-18-16-39(17-34-18)29-26-24(7-8-32-29)35-28(36-26)25-23-10-22(15-33-27(23)38-37-25)21-9-20(13-31-14-21)12-30-11-19-5-3-2-4-6-19/h2-10,13-17,30H,11-12H2,1H3,(H,35,36)(H,33,37,38). The van der Waals surface area contributed by atoms with Crippen LogP contribution in [0.4, 0.5) is 0 Å². The van der Waals surface area contributed by atoms with Crippen molar-refractivity contribution in [1.82, 2.24) is 50.0 Å². The fraction of sp³-hybridized carbons (Fsp3) is 0.103. The molecule has 0 unspecified atom stereocenters. The van der Waals surface area contributed by atoms with Crippen LogP contribution in [0.25, 0.3) is 50.5 Å². The van der Waals surface area contributed by atoms with E-state index in [-0.39, 0.29) is 0 Å². The molecule has 0 fully saturated rings. The van der Waals surface area contributed by atoms with Crippen molar-refractivity contribution in [2.75, 3.05) is 0 Å². The number of nitrogens with zero attached hydrogens (tertiary/aromatic N) is 7. The van der Waals surface area contributed by atoms with Gasteiger partial charge < -0.3 is 10.3 Å². The van der Waals surface area contributed by atoms with E-state index in [2.05, 4.69) is 64.7 Å². The fourth-order valence-corrected chi connectivity index (χ4v) is 4.69. The molecular formula is C29H24N10. The largest absolute Gasteiger partial charge is 0.336 e. The molecule has 6 heterocycles. The lowest BCUT2D eigenvalue weighted by atomic mass is 10.1. The van der Waals surface area contributed by atoms with Gasteiger partial charge in [0.05, 0.1) is 16.6 Å². The Morgan fingerprint density at radius 3 is 2.64 bits per heavy atom. The summed E-state index contributed by atoms with van der Waals surface area (Å²) < 4.78 is 1.88. The summed E-state index contributed by atoms with van der Waals surface area (Å²) in [7, 11) is 0. The zero-order chi connectivity index (χ0) is 26.2. The molecule has 0 amide bonds. The van der Waals surface area contributed by atoms with Gasteiger partial charge in [0.1, 0.15) is 17.5 Å². The van der Waals surface area contributed by atoms with Crippen LogP contribution < -0.4 is 5.32 Å². The SMILES string of the molecule is Cc1cn(-c2nccc3[nH]c(-c4[nH]nc5ncc(-c6cncc(CNCc7ccccc7)c6)cc45)nc23)cn1. The number of aromatic amines is 2. The van der Waals surface area contributed by atoms with Gasteiger partial charge >= 0.3 is 0 Å². The van der Waals surface area contributed by atoms with Gasteiger partial charge in [-0.15, -0.1) is 0 Å². The Balaban J connectivity index is 1.20. The van der Waals surface area contributed by atoms with Gasteiger partial charge in [0.15, 0.2) is 17.3 Å². The quantitative estimate of drug-likeness (QED) is 0.282. The number of hydrogen-bond donors (Lipinski definition) is 3. The van der Waals surface area contributed by atoms with Crippen LogP contribution in [0.2, 0.25) is 0 Å². The maximum absolute atomic E-state index is 4.88. The second kappa shape index (κ2) is 9.58.